The Bertz CT molecular complexity index is 253. The fraction of sp³-hybridized carbons (Fsp3) is 1.00. The van der Waals surface area contributed by atoms with Gasteiger partial charge in [0.05, 0.1) is 13.2 Å². The molecule has 0 bridgehead atoms. The first-order chi connectivity index (χ1) is 6.82. The maximum absolute atomic E-state index is 9.83. The fourth-order valence-corrected chi connectivity index (χ4v) is 1.84. The van der Waals surface area contributed by atoms with Crippen LogP contribution in [0.2, 0.25) is 0 Å². The van der Waals surface area contributed by atoms with Crippen molar-refractivity contribution in [2.75, 3.05) is 13.2 Å². The molecule has 2 aliphatic heterocycles. The molecule has 2 fully saturated rings. The van der Waals surface area contributed by atoms with Crippen LogP contribution in [0.5, 0.6) is 0 Å². The molecule has 2 saturated heterocycles. The van der Waals surface area contributed by atoms with Gasteiger partial charge in [-0.3, -0.25) is 5.73 Å². The van der Waals surface area contributed by atoms with Gasteiger partial charge in [0.25, 0.3) is 0 Å². The zero-order valence-corrected chi connectivity index (χ0v) is 8.84. The van der Waals surface area contributed by atoms with Crippen molar-refractivity contribution < 1.29 is 24.4 Å². The number of rotatable bonds is 0. The Labute approximate surface area is 87.9 Å². The number of aliphatic hydroxyl groups is 2. The van der Waals surface area contributed by atoms with E-state index in [4.69, 9.17) is 19.9 Å². The summed E-state index contributed by atoms with van der Waals surface area (Å²) >= 11 is 0. The Morgan fingerprint density at radius 2 is 2.07 bits per heavy atom. The van der Waals surface area contributed by atoms with Crippen molar-refractivity contribution in [3.8, 4) is 0 Å². The van der Waals surface area contributed by atoms with Crippen LogP contribution in [-0.4, -0.2) is 53.3 Å². The maximum Gasteiger partial charge on any atom is 0.165 e. The molecule has 88 valence electrons. The molecule has 6 nitrogen and oxygen atoms in total. The minimum Gasteiger partial charge on any atom is -0.386 e. The van der Waals surface area contributed by atoms with Gasteiger partial charge in [-0.2, -0.15) is 0 Å². The highest BCUT2D eigenvalue weighted by Gasteiger charge is 2.51. The zero-order valence-electron chi connectivity index (χ0n) is 8.84. The van der Waals surface area contributed by atoms with Crippen LogP contribution < -0.4 is 5.73 Å². The minimum atomic E-state index is -1.76. The van der Waals surface area contributed by atoms with E-state index in [0.717, 1.165) is 0 Å². The second kappa shape index (κ2) is 3.38. The first-order valence-electron chi connectivity index (χ1n) is 4.94. The summed E-state index contributed by atoms with van der Waals surface area (Å²) < 4.78 is 16.1. The van der Waals surface area contributed by atoms with Gasteiger partial charge in [0.15, 0.2) is 11.5 Å². The van der Waals surface area contributed by atoms with Crippen molar-refractivity contribution in [1.29, 1.82) is 0 Å². The highest BCUT2D eigenvalue weighted by molar-refractivity contribution is 4.97. The van der Waals surface area contributed by atoms with E-state index in [-0.39, 0.29) is 12.7 Å². The van der Waals surface area contributed by atoms with Crippen molar-refractivity contribution in [1.82, 2.24) is 0 Å². The molecule has 2 aliphatic rings. The predicted molar refractivity (Wildman–Crippen MR) is 49.8 cm³/mol. The standard InChI is InChI=1S/C9H17NO5/c1-8(2)14-3-5-6(15-8)7(11)9(10,12)4-13-5/h5-7,11-12H,3-4,10H2,1-2H3/t5-,6-,7+,9+/m1/s1. The molecule has 2 heterocycles. The van der Waals surface area contributed by atoms with Crippen molar-refractivity contribution >= 4 is 0 Å². The van der Waals surface area contributed by atoms with E-state index in [1.165, 1.54) is 0 Å². The highest BCUT2D eigenvalue weighted by Crippen LogP contribution is 2.31. The topological polar surface area (TPSA) is 94.2 Å². The van der Waals surface area contributed by atoms with Gasteiger partial charge in [-0.25, -0.2) is 0 Å². The Morgan fingerprint density at radius 1 is 1.40 bits per heavy atom. The molecule has 0 amide bonds. The molecule has 6 heteroatoms. The van der Waals surface area contributed by atoms with E-state index in [9.17, 15) is 10.2 Å². The van der Waals surface area contributed by atoms with Crippen LogP contribution in [0.1, 0.15) is 13.8 Å². The summed E-state index contributed by atoms with van der Waals surface area (Å²) in [4.78, 5) is 0. The van der Waals surface area contributed by atoms with E-state index in [2.05, 4.69) is 0 Å². The smallest absolute Gasteiger partial charge is 0.165 e. The summed E-state index contributed by atoms with van der Waals surface area (Å²) in [5.41, 5.74) is 3.72. The normalized spacial score (nSPS) is 49.8. The molecule has 2 rings (SSSR count). The van der Waals surface area contributed by atoms with Crippen LogP contribution in [0.15, 0.2) is 0 Å². The van der Waals surface area contributed by atoms with E-state index in [0.29, 0.717) is 6.61 Å². The lowest BCUT2D eigenvalue weighted by atomic mass is 9.94. The van der Waals surface area contributed by atoms with E-state index < -0.39 is 23.7 Å². The Hall–Kier alpha value is -0.240. The number of aliphatic hydroxyl groups excluding tert-OH is 1. The highest BCUT2D eigenvalue weighted by atomic mass is 16.7. The molecule has 0 aromatic heterocycles. The van der Waals surface area contributed by atoms with Gasteiger partial charge in [-0.1, -0.05) is 0 Å². The summed E-state index contributed by atoms with van der Waals surface area (Å²) in [7, 11) is 0. The second-order valence-electron chi connectivity index (χ2n) is 4.58. The third kappa shape index (κ3) is 2.01. The molecular formula is C9H17NO5. The summed E-state index contributed by atoms with van der Waals surface area (Å²) in [5, 5.41) is 19.5. The largest absolute Gasteiger partial charge is 0.386 e. The fourth-order valence-electron chi connectivity index (χ4n) is 1.84. The SMILES string of the molecule is CC1(C)OC[C@H]2OC[C@](N)(O)[C@@H](O)[C@@H]2O1. The molecule has 0 saturated carbocycles. The molecule has 0 spiro atoms. The van der Waals surface area contributed by atoms with Gasteiger partial charge in [0.1, 0.15) is 18.3 Å². The lowest BCUT2D eigenvalue weighted by Crippen LogP contribution is -2.70. The lowest BCUT2D eigenvalue weighted by Gasteiger charge is -2.49. The number of fused-ring (bicyclic) bond motifs is 1. The third-order valence-corrected chi connectivity index (χ3v) is 2.73. The van der Waals surface area contributed by atoms with E-state index >= 15 is 0 Å². The zero-order chi connectivity index (χ0) is 11.3. The molecule has 0 aromatic carbocycles. The third-order valence-electron chi connectivity index (χ3n) is 2.73. The lowest BCUT2D eigenvalue weighted by molar-refractivity contribution is -0.359. The Morgan fingerprint density at radius 3 is 2.73 bits per heavy atom. The van der Waals surface area contributed by atoms with Crippen molar-refractivity contribution in [3.05, 3.63) is 0 Å². The van der Waals surface area contributed by atoms with Gasteiger partial charge < -0.3 is 24.4 Å². The Kier molecular flexibility index (Phi) is 2.53. The van der Waals surface area contributed by atoms with Crippen LogP contribution in [0.25, 0.3) is 0 Å². The molecule has 4 N–H and O–H groups in total. The molecule has 0 aromatic rings. The summed E-state index contributed by atoms with van der Waals surface area (Å²) in [5.74, 6) is -0.793. The van der Waals surface area contributed by atoms with Crippen molar-refractivity contribution in [2.24, 2.45) is 5.73 Å². The van der Waals surface area contributed by atoms with Crippen molar-refractivity contribution in [2.45, 2.75) is 43.7 Å². The number of hydrogen-bond donors (Lipinski definition) is 3. The molecule has 4 atom stereocenters. The quantitative estimate of drug-likeness (QED) is 0.431. The average molecular weight is 219 g/mol. The molecule has 0 unspecified atom stereocenters. The maximum atomic E-state index is 9.83. The first-order valence-corrected chi connectivity index (χ1v) is 4.94. The molecular weight excluding hydrogens is 202 g/mol. The van der Waals surface area contributed by atoms with E-state index in [1.807, 2.05) is 0 Å². The van der Waals surface area contributed by atoms with Crippen LogP contribution in [-0.2, 0) is 14.2 Å². The number of hydrogen-bond acceptors (Lipinski definition) is 6. The van der Waals surface area contributed by atoms with Gasteiger partial charge in [0, 0.05) is 0 Å². The Balaban J connectivity index is 2.14. The molecule has 0 radical (unpaired) electrons. The van der Waals surface area contributed by atoms with Gasteiger partial charge in [-0.15, -0.1) is 0 Å². The first kappa shape index (κ1) is 11.3. The second-order valence-corrected chi connectivity index (χ2v) is 4.58. The monoisotopic (exact) mass is 219 g/mol. The van der Waals surface area contributed by atoms with Crippen LogP contribution in [0.3, 0.4) is 0 Å². The van der Waals surface area contributed by atoms with Crippen LogP contribution in [0.4, 0.5) is 0 Å². The summed E-state index contributed by atoms with van der Waals surface area (Å²) in [6, 6.07) is 0. The molecule has 15 heavy (non-hydrogen) atoms. The van der Waals surface area contributed by atoms with E-state index in [1.54, 1.807) is 13.8 Å². The predicted octanol–water partition coefficient (Wildman–Crippen LogP) is -1.46. The van der Waals surface area contributed by atoms with Gasteiger partial charge in [-0.05, 0) is 13.8 Å². The van der Waals surface area contributed by atoms with Crippen LogP contribution in [0, 0.1) is 0 Å². The average Bonchev–Trinajstić information content (AvgIpc) is 2.12. The number of nitrogens with two attached hydrogens (primary N) is 1. The number of ether oxygens (including phenoxy) is 3. The van der Waals surface area contributed by atoms with Crippen LogP contribution >= 0.6 is 0 Å². The summed E-state index contributed by atoms with van der Waals surface area (Å²) in [6.45, 7) is 3.67. The van der Waals surface area contributed by atoms with Gasteiger partial charge >= 0.3 is 0 Å². The van der Waals surface area contributed by atoms with Crippen molar-refractivity contribution in [3.63, 3.8) is 0 Å². The van der Waals surface area contributed by atoms with Gasteiger partial charge in [0.2, 0.25) is 0 Å². The minimum absolute atomic E-state index is 0.123. The summed E-state index contributed by atoms with van der Waals surface area (Å²) in [6.07, 6.45) is -2.20. The molecule has 0 aliphatic carbocycles.